The molecule has 2 aliphatic heterocycles. The second kappa shape index (κ2) is 7.79. The van der Waals surface area contributed by atoms with Crippen LogP contribution < -0.4 is 24.4 Å². The van der Waals surface area contributed by atoms with Crippen LogP contribution >= 0.6 is 12.2 Å². The first-order chi connectivity index (χ1) is 14.4. The molecule has 0 unspecified atom stereocenters. The van der Waals surface area contributed by atoms with Crippen molar-refractivity contribution < 1.29 is 23.8 Å². The quantitative estimate of drug-likeness (QED) is 0.461. The molecule has 30 heavy (non-hydrogen) atoms. The molecule has 154 valence electrons. The van der Waals surface area contributed by atoms with Gasteiger partial charge in [-0.2, -0.15) is 0 Å². The maximum atomic E-state index is 13.3. The second-order valence-electron chi connectivity index (χ2n) is 6.90. The Balaban J connectivity index is 1.77. The molecule has 0 spiro atoms. The lowest BCUT2D eigenvalue weighted by Crippen LogP contribution is -2.54. The molecule has 2 aliphatic rings. The van der Waals surface area contributed by atoms with Crippen molar-refractivity contribution in [2.24, 2.45) is 0 Å². The Morgan fingerprint density at radius 3 is 2.57 bits per heavy atom. The number of hydrogen-bond donors (Lipinski definition) is 1. The molecule has 2 aromatic rings. The number of thiocarbonyl (C=S) groups is 1. The van der Waals surface area contributed by atoms with Crippen LogP contribution in [-0.2, 0) is 9.59 Å². The first-order valence-corrected chi connectivity index (χ1v) is 9.85. The molecular formula is C22H20N2O5S. The van der Waals surface area contributed by atoms with Gasteiger partial charge in [0.15, 0.2) is 16.6 Å². The topological polar surface area (TPSA) is 77.1 Å². The number of ether oxygens (including phenoxy) is 3. The van der Waals surface area contributed by atoms with Gasteiger partial charge in [-0.25, -0.2) is 0 Å². The average Bonchev–Trinajstić information content (AvgIpc) is 3.15. The summed E-state index contributed by atoms with van der Waals surface area (Å²) >= 11 is 5.27. The van der Waals surface area contributed by atoms with Crippen molar-refractivity contribution in [1.82, 2.24) is 5.32 Å². The minimum Gasteiger partial charge on any atom is -0.493 e. The van der Waals surface area contributed by atoms with Gasteiger partial charge in [0.05, 0.1) is 12.3 Å². The van der Waals surface area contributed by atoms with E-state index in [4.69, 9.17) is 26.4 Å². The van der Waals surface area contributed by atoms with Crippen molar-refractivity contribution in [3.05, 3.63) is 52.6 Å². The summed E-state index contributed by atoms with van der Waals surface area (Å²) in [7, 11) is 0. The molecule has 8 heteroatoms. The zero-order chi connectivity index (χ0) is 21.4. The number of aryl methyl sites for hydroxylation is 2. The average molecular weight is 424 g/mol. The van der Waals surface area contributed by atoms with Crippen LogP contribution in [0.5, 0.6) is 17.2 Å². The van der Waals surface area contributed by atoms with Crippen molar-refractivity contribution >= 4 is 40.9 Å². The molecule has 1 N–H and O–H groups in total. The standard InChI is InChI=1S/C22H20N2O5S/c1-4-27-17-10-19-18(28-11-29-19)9-14(17)8-16-20(25)23-22(30)24(21(16)26)15-6-5-12(2)13(3)7-15/h5-10H,4,11H2,1-3H3,(H,23,25,30)/b16-8-. The van der Waals surface area contributed by atoms with Gasteiger partial charge in [-0.05, 0) is 68.4 Å². The van der Waals surface area contributed by atoms with E-state index in [1.807, 2.05) is 32.9 Å². The number of amides is 2. The maximum Gasteiger partial charge on any atom is 0.270 e. The van der Waals surface area contributed by atoms with Crippen LogP contribution in [0.2, 0.25) is 0 Å². The number of hydrogen-bond acceptors (Lipinski definition) is 6. The Morgan fingerprint density at radius 2 is 1.87 bits per heavy atom. The van der Waals surface area contributed by atoms with Crippen LogP contribution in [0.4, 0.5) is 5.69 Å². The summed E-state index contributed by atoms with van der Waals surface area (Å²) in [6.07, 6.45) is 1.49. The molecule has 4 rings (SSSR count). The summed E-state index contributed by atoms with van der Waals surface area (Å²) in [4.78, 5) is 27.2. The molecule has 2 heterocycles. The van der Waals surface area contributed by atoms with Crippen LogP contribution in [0.15, 0.2) is 35.9 Å². The van der Waals surface area contributed by atoms with E-state index in [1.54, 1.807) is 18.2 Å². The summed E-state index contributed by atoms with van der Waals surface area (Å²) in [5.74, 6) is 0.492. The fourth-order valence-corrected chi connectivity index (χ4v) is 3.53. The predicted molar refractivity (Wildman–Crippen MR) is 116 cm³/mol. The minimum atomic E-state index is -0.565. The molecule has 0 atom stereocenters. The summed E-state index contributed by atoms with van der Waals surface area (Å²) in [5, 5.41) is 2.64. The third-order valence-corrected chi connectivity index (χ3v) is 5.24. The van der Waals surface area contributed by atoms with Gasteiger partial charge in [-0.3, -0.25) is 19.8 Å². The molecule has 2 aromatic carbocycles. The zero-order valence-corrected chi connectivity index (χ0v) is 17.6. The number of benzene rings is 2. The Labute approximate surface area is 179 Å². The molecule has 2 amide bonds. The van der Waals surface area contributed by atoms with Crippen LogP contribution in [0.25, 0.3) is 6.08 Å². The molecule has 7 nitrogen and oxygen atoms in total. The van der Waals surface area contributed by atoms with Crippen molar-refractivity contribution in [2.45, 2.75) is 20.8 Å². The lowest BCUT2D eigenvalue weighted by atomic mass is 10.0. The SMILES string of the molecule is CCOc1cc2c(cc1/C=C1/C(=O)NC(=S)N(c3ccc(C)c(C)c3)C1=O)OCO2. The molecule has 1 saturated heterocycles. The van der Waals surface area contributed by atoms with Crippen molar-refractivity contribution in [3.8, 4) is 17.2 Å². The van der Waals surface area contributed by atoms with E-state index < -0.39 is 11.8 Å². The first-order valence-electron chi connectivity index (χ1n) is 9.44. The van der Waals surface area contributed by atoms with E-state index in [0.29, 0.717) is 35.1 Å². The largest absolute Gasteiger partial charge is 0.493 e. The number of fused-ring (bicyclic) bond motifs is 1. The Bertz CT molecular complexity index is 1110. The summed E-state index contributed by atoms with van der Waals surface area (Å²) in [6, 6.07) is 8.95. The van der Waals surface area contributed by atoms with Crippen molar-refractivity contribution in [2.75, 3.05) is 18.3 Å². The smallest absolute Gasteiger partial charge is 0.270 e. The number of nitrogens with one attached hydrogen (secondary N) is 1. The van der Waals surface area contributed by atoms with E-state index in [0.717, 1.165) is 11.1 Å². The van der Waals surface area contributed by atoms with Gasteiger partial charge in [0.2, 0.25) is 6.79 Å². The Morgan fingerprint density at radius 1 is 1.13 bits per heavy atom. The van der Waals surface area contributed by atoms with Gasteiger partial charge in [0.1, 0.15) is 11.3 Å². The van der Waals surface area contributed by atoms with Crippen molar-refractivity contribution in [3.63, 3.8) is 0 Å². The molecule has 0 radical (unpaired) electrons. The number of carbonyl (C=O) groups is 2. The van der Waals surface area contributed by atoms with E-state index in [2.05, 4.69) is 5.32 Å². The second-order valence-corrected chi connectivity index (χ2v) is 7.29. The van der Waals surface area contributed by atoms with Crippen LogP contribution in [-0.4, -0.2) is 30.3 Å². The number of rotatable bonds is 4. The highest BCUT2D eigenvalue weighted by Crippen LogP contribution is 2.39. The van der Waals surface area contributed by atoms with Gasteiger partial charge < -0.3 is 14.2 Å². The summed E-state index contributed by atoms with van der Waals surface area (Å²) in [6.45, 7) is 6.30. The Hall–Kier alpha value is -3.39. The minimum absolute atomic E-state index is 0.0427. The van der Waals surface area contributed by atoms with Crippen LogP contribution in [0, 0.1) is 13.8 Å². The lowest BCUT2D eigenvalue weighted by molar-refractivity contribution is -0.122. The maximum absolute atomic E-state index is 13.3. The Kier molecular flexibility index (Phi) is 5.17. The molecule has 0 aliphatic carbocycles. The van der Waals surface area contributed by atoms with E-state index in [1.165, 1.54) is 11.0 Å². The number of anilines is 1. The first kappa shape index (κ1) is 19.9. The summed E-state index contributed by atoms with van der Waals surface area (Å²) in [5.41, 5.74) is 3.18. The van der Waals surface area contributed by atoms with E-state index in [-0.39, 0.29) is 17.5 Å². The van der Waals surface area contributed by atoms with Gasteiger partial charge in [0.25, 0.3) is 11.8 Å². The molecule has 0 bridgehead atoms. The highest BCUT2D eigenvalue weighted by molar-refractivity contribution is 7.80. The van der Waals surface area contributed by atoms with Gasteiger partial charge in [-0.1, -0.05) is 6.07 Å². The number of carbonyl (C=O) groups excluding carboxylic acids is 2. The van der Waals surface area contributed by atoms with Gasteiger partial charge >= 0.3 is 0 Å². The highest BCUT2D eigenvalue weighted by Gasteiger charge is 2.35. The van der Waals surface area contributed by atoms with Crippen molar-refractivity contribution in [1.29, 1.82) is 0 Å². The molecule has 0 saturated carbocycles. The highest BCUT2D eigenvalue weighted by atomic mass is 32.1. The lowest BCUT2D eigenvalue weighted by Gasteiger charge is -2.29. The fourth-order valence-electron chi connectivity index (χ4n) is 3.24. The monoisotopic (exact) mass is 424 g/mol. The molecule has 0 aromatic heterocycles. The zero-order valence-electron chi connectivity index (χ0n) is 16.8. The normalized spacial score (nSPS) is 16.8. The third kappa shape index (κ3) is 3.50. The molecule has 1 fully saturated rings. The van der Waals surface area contributed by atoms with E-state index >= 15 is 0 Å². The van der Waals surface area contributed by atoms with Crippen LogP contribution in [0.1, 0.15) is 23.6 Å². The fraction of sp³-hybridized carbons (Fsp3) is 0.227. The van der Waals surface area contributed by atoms with Gasteiger partial charge in [0, 0.05) is 11.6 Å². The number of nitrogens with zero attached hydrogens (tertiary/aromatic N) is 1. The van der Waals surface area contributed by atoms with Crippen LogP contribution in [0.3, 0.4) is 0 Å². The van der Waals surface area contributed by atoms with E-state index in [9.17, 15) is 9.59 Å². The predicted octanol–water partition coefficient (Wildman–Crippen LogP) is 3.26. The molecular weight excluding hydrogens is 404 g/mol. The third-order valence-electron chi connectivity index (χ3n) is 4.96. The van der Waals surface area contributed by atoms with Gasteiger partial charge in [-0.15, -0.1) is 0 Å². The summed E-state index contributed by atoms with van der Waals surface area (Å²) < 4.78 is 16.5.